The maximum Gasteiger partial charge on any atom is 0.0336 e. The van der Waals surface area contributed by atoms with Crippen LogP contribution in [0.15, 0.2) is 278 Å². The van der Waals surface area contributed by atoms with Crippen LogP contribution in [0.4, 0.5) is 0 Å². The highest BCUT2D eigenvalue weighted by molar-refractivity contribution is 5.70. The Hall–Kier alpha value is -7.28. The molecule has 0 bridgehead atoms. The summed E-state index contributed by atoms with van der Waals surface area (Å²) in [5.74, 6) is 2.25. The number of allylic oxidation sites excluding steroid dienone is 28. The van der Waals surface area contributed by atoms with Crippen LogP contribution in [0.25, 0.3) is 11.6 Å². The Kier molecular flexibility index (Phi) is 15.6. The van der Waals surface area contributed by atoms with Crippen molar-refractivity contribution in [1.29, 1.82) is 0 Å². The summed E-state index contributed by atoms with van der Waals surface area (Å²) in [6.45, 7) is 12.3. The van der Waals surface area contributed by atoms with Crippen molar-refractivity contribution in [2.75, 3.05) is 0 Å². The van der Waals surface area contributed by atoms with Gasteiger partial charge in [0, 0.05) is 29.6 Å². The molecule has 7 atom stereocenters. The number of hydrogen-bond donors (Lipinski definition) is 0. The van der Waals surface area contributed by atoms with Crippen molar-refractivity contribution in [3.8, 4) is 0 Å². The molecule has 0 heteroatoms. The molecule has 0 saturated carbocycles. The molecule has 72 heavy (non-hydrogen) atoms. The Labute approximate surface area is 431 Å². The molecule has 0 N–H and O–H groups in total. The smallest absolute Gasteiger partial charge is 0.0336 e. The zero-order valence-electron chi connectivity index (χ0n) is 42.0. The summed E-state index contributed by atoms with van der Waals surface area (Å²) in [4.78, 5) is 0. The lowest BCUT2D eigenvalue weighted by atomic mass is 9.73. The number of benzene rings is 4. The first kappa shape index (κ1) is 48.4. The second-order valence-corrected chi connectivity index (χ2v) is 20.4. The molecular formula is C72H70. The fourth-order valence-electron chi connectivity index (χ4n) is 12.3. The molecule has 0 saturated heterocycles. The van der Waals surface area contributed by atoms with Gasteiger partial charge in [-0.25, -0.2) is 0 Å². The topological polar surface area (TPSA) is 0 Å². The number of fused-ring (bicyclic) bond motifs is 1. The molecule has 0 nitrogen and oxygen atoms in total. The SMILES string of the molecule is C=C/C=C\c1cccc(C(c2ccc(C(C3=CC=C(c4ccc(C(C5=CCCC=C5)c5ccc(C(C6=CCCC=C6)C6=CC7CCC=CC7C=C6)cc5)cc4)CC3)/C(C=C)=C/C=C)cc2)C2C=CC=CC2)c1. The van der Waals surface area contributed by atoms with Crippen molar-refractivity contribution >= 4 is 11.6 Å². The van der Waals surface area contributed by atoms with E-state index in [4.69, 9.17) is 0 Å². The first-order valence-corrected chi connectivity index (χ1v) is 26.8. The van der Waals surface area contributed by atoms with Crippen molar-refractivity contribution in [2.24, 2.45) is 17.8 Å². The molecule has 6 aliphatic carbocycles. The summed E-state index contributed by atoms with van der Waals surface area (Å²) in [6.07, 6.45) is 62.3. The molecule has 0 radical (unpaired) electrons. The Morgan fingerprint density at radius 2 is 1.28 bits per heavy atom. The van der Waals surface area contributed by atoms with E-state index >= 15 is 0 Å². The van der Waals surface area contributed by atoms with Gasteiger partial charge in [0.15, 0.2) is 0 Å². The maximum absolute atomic E-state index is 4.30. The Bertz CT molecular complexity index is 3040. The first-order valence-electron chi connectivity index (χ1n) is 26.8. The van der Waals surface area contributed by atoms with Crippen LogP contribution in [0.5, 0.6) is 0 Å². The van der Waals surface area contributed by atoms with Crippen molar-refractivity contribution in [2.45, 2.75) is 81.5 Å². The van der Waals surface area contributed by atoms with E-state index in [1.54, 1.807) is 0 Å². The van der Waals surface area contributed by atoms with Crippen LogP contribution in [0, 0.1) is 17.8 Å². The lowest BCUT2D eigenvalue weighted by molar-refractivity contribution is 0.486. The normalized spacial score (nSPS) is 22.1. The monoisotopic (exact) mass is 935 g/mol. The van der Waals surface area contributed by atoms with Gasteiger partial charge in [-0.2, -0.15) is 0 Å². The van der Waals surface area contributed by atoms with E-state index in [9.17, 15) is 0 Å². The molecule has 0 fully saturated rings. The van der Waals surface area contributed by atoms with Crippen molar-refractivity contribution < 1.29 is 0 Å². The maximum atomic E-state index is 4.30. The lowest BCUT2D eigenvalue weighted by Crippen LogP contribution is -2.17. The number of rotatable bonds is 17. The van der Waals surface area contributed by atoms with Gasteiger partial charge in [0.05, 0.1) is 0 Å². The standard InChI is InChI=1S/C72H70/c1-4-7-21-52-22-19-31-67(50-52)71(58-26-13-9-14-27-58)64-45-41-61(42-46-64)69(53(6-3)20-5-2)60-37-32-55(33-38-60)56-34-39-62(40-35-56)70(57-24-11-8-12-25-57)63-43-47-65(48-44-63)72(59-28-15-10-16-29-59)68-49-36-54-23-17-18-30-66(54)51-68/h4-7,9,11,13-15,17,19-26,28-29,31-32,34-37,39-51,54,58,66,69-72H,1-3,8,10,12,16,18,27,30,33,38H2/b21-7-,53-20+. The van der Waals surface area contributed by atoms with E-state index < -0.39 is 0 Å². The zero-order valence-corrected chi connectivity index (χ0v) is 42.0. The van der Waals surface area contributed by atoms with Gasteiger partial charge in [-0.15, -0.1) is 0 Å². The summed E-state index contributed by atoms with van der Waals surface area (Å²) in [5, 5.41) is 0. The van der Waals surface area contributed by atoms with Gasteiger partial charge >= 0.3 is 0 Å². The lowest BCUT2D eigenvalue weighted by Gasteiger charge is -2.31. The molecule has 0 aromatic heterocycles. The molecule has 4 aromatic rings. The highest BCUT2D eigenvalue weighted by Crippen LogP contribution is 2.45. The molecule has 4 aromatic carbocycles. The molecule has 358 valence electrons. The predicted octanol–water partition coefficient (Wildman–Crippen LogP) is 19.2. The molecule has 10 rings (SSSR count). The summed E-state index contributed by atoms with van der Waals surface area (Å²) in [6, 6.07) is 37.6. The second-order valence-electron chi connectivity index (χ2n) is 20.4. The first-order chi connectivity index (χ1) is 35.6. The summed E-state index contributed by atoms with van der Waals surface area (Å²) >= 11 is 0. The minimum Gasteiger partial charge on any atom is -0.0991 e. The predicted molar refractivity (Wildman–Crippen MR) is 310 cm³/mol. The van der Waals surface area contributed by atoms with E-state index in [0.29, 0.717) is 17.8 Å². The van der Waals surface area contributed by atoms with E-state index in [2.05, 4.69) is 232 Å². The average Bonchev–Trinajstić information content (AvgIpc) is 3.45. The minimum absolute atomic E-state index is 0.0886. The molecule has 0 amide bonds. The third kappa shape index (κ3) is 10.9. The van der Waals surface area contributed by atoms with Gasteiger partial charge in [-0.3, -0.25) is 0 Å². The van der Waals surface area contributed by atoms with Crippen LogP contribution in [-0.2, 0) is 0 Å². The highest BCUT2D eigenvalue weighted by Gasteiger charge is 2.29. The molecule has 0 aliphatic heterocycles. The Morgan fingerprint density at radius 1 is 0.569 bits per heavy atom. The fraction of sp³-hybridized carbons (Fsp3) is 0.222. The van der Waals surface area contributed by atoms with Gasteiger partial charge < -0.3 is 0 Å². The third-order valence-electron chi connectivity index (χ3n) is 15.9. The van der Waals surface area contributed by atoms with Crippen LogP contribution in [0.3, 0.4) is 0 Å². The summed E-state index contributed by atoms with van der Waals surface area (Å²) in [7, 11) is 0. The Morgan fingerprint density at radius 3 is 1.93 bits per heavy atom. The van der Waals surface area contributed by atoms with E-state index in [0.717, 1.165) is 44.9 Å². The minimum atomic E-state index is 0.0886. The van der Waals surface area contributed by atoms with E-state index in [-0.39, 0.29) is 23.7 Å². The summed E-state index contributed by atoms with van der Waals surface area (Å²) in [5.41, 5.74) is 18.7. The zero-order chi connectivity index (χ0) is 49.1. The quantitative estimate of drug-likeness (QED) is 0.0731. The number of hydrogen-bond acceptors (Lipinski definition) is 0. The van der Waals surface area contributed by atoms with E-state index in [1.807, 2.05) is 24.3 Å². The summed E-state index contributed by atoms with van der Waals surface area (Å²) < 4.78 is 0. The van der Waals surface area contributed by atoms with Gasteiger partial charge in [0.25, 0.3) is 0 Å². The molecule has 6 aliphatic rings. The largest absolute Gasteiger partial charge is 0.0991 e. The molecule has 7 unspecified atom stereocenters. The molecule has 0 spiro atoms. The fourth-order valence-corrected chi connectivity index (χ4v) is 12.3. The van der Waals surface area contributed by atoms with E-state index in [1.165, 1.54) is 90.8 Å². The van der Waals surface area contributed by atoms with Crippen LogP contribution < -0.4 is 0 Å². The second kappa shape index (κ2) is 23.3. The molecular weight excluding hydrogens is 865 g/mol. The highest BCUT2D eigenvalue weighted by atomic mass is 14.3. The van der Waals surface area contributed by atoms with Gasteiger partial charge in [0.1, 0.15) is 0 Å². The van der Waals surface area contributed by atoms with Crippen molar-refractivity contribution in [3.63, 3.8) is 0 Å². The van der Waals surface area contributed by atoms with Gasteiger partial charge in [0.2, 0.25) is 0 Å². The van der Waals surface area contributed by atoms with Crippen LogP contribution in [0.2, 0.25) is 0 Å². The molecule has 0 heterocycles. The van der Waals surface area contributed by atoms with Crippen molar-refractivity contribution in [3.05, 3.63) is 323 Å². The Balaban J connectivity index is 0.912. The van der Waals surface area contributed by atoms with Crippen LogP contribution >= 0.6 is 0 Å². The van der Waals surface area contributed by atoms with Crippen molar-refractivity contribution in [1.82, 2.24) is 0 Å². The van der Waals surface area contributed by atoms with Crippen LogP contribution in [-0.4, -0.2) is 0 Å². The van der Waals surface area contributed by atoms with Gasteiger partial charge in [-0.05, 0) is 142 Å². The van der Waals surface area contributed by atoms with Crippen LogP contribution in [0.1, 0.15) is 126 Å². The van der Waals surface area contributed by atoms with Gasteiger partial charge in [-0.1, -0.05) is 262 Å². The third-order valence-corrected chi connectivity index (χ3v) is 15.9. The average molecular weight is 935 g/mol.